The first-order valence-electron chi connectivity index (χ1n) is 23.1. The number of aromatic hydroxyl groups is 1. The Kier molecular flexibility index (Phi) is 12.5. The van der Waals surface area contributed by atoms with Gasteiger partial charge in [-0.25, -0.2) is 0 Å². The Bertz CT molecular complexity index is 2900. The smallest absolute Gasteiger partial charge is 0.416 e. The van der Waals surface area contributed by atoms with Gasteiger partial charge in [0.25, 0.3) is 0 Å². The van der Waals surface area contributed by atoms with Crippen molar-refractivity contribution >= 4 is 23.2 Å². The molecule has 6 aromatic carbocycles. The van der Waals surface area contributed by atoms with Gasteiger partial charge in [-0.1, -0.05) is 60.7 Å². The highest BCUT2D eigenvalue weighted by atomic mass is 19.4. The lowest BCUT2D eigenvalue weighted by atomic mass is 9.79. The van der Waals surface area contributed by atoms with E-state index in [1.807, 2.05) is 48.5 Å². The number of hydrogen-bond acceptors (Lipinski definition) is 10. The van der Waals surface area contributed by atoms with Gasteiger partial charge >= 0.3 is 6.18 Å². The first-order chi connectivity index (χ1) is 33.4. The van der Waals surface area contributed by atoms with E-state index in [0.29, 0.717) is 24.6 Å². The maximum atomic E-state index is 15.0. The number of benzene rings is 6. The summed E-state index contributed by atoms with van der Waals surface area (Å²) >= 11 is 0. The largest absolute Gasteiger partial charge is 0.504 e. The fraction of sp³-hybridized carbons (Fsp3) is 0.296. The molecule has 0 bridgehead atoms. The van der Waals surface area contributed by atoms with Crippen molar-refractivity contribution in [2.45, 2.75) is 68.5 Å². The minimum atomic E-state index is -4.76. The van der Waals surface area contributed by atoms with Gasteiger partial charge < -0.3 is 50.1 Å². The van der Waals surface area contributed by atoms with Gasteiger partial charge in [-0.15, -0.1) is 0 Å². The molecule has 2 atom stereocenters. The Morgan fingerprint density at radius 2 is 1.09 bits per heavy atom. The molecule has 69 heavy (non-hydrogen) atoms. The second-order valence-electron chi connectivity index (χ2n) is 17.9. The number of methoxy groups -OCH3 is 1. The number of carbonyl (C=O) groups is 2. The number of ether oxygens (including phenoxy) is 5. The topological polar surface area (TPSA) is 149 Å². The van der Waals surface area contributed by atoms with Gasteiger partial charge in [0, 0.05) is 74.4 Å². The lowest BCUT2D eigenvalue weighted by Crippen LogP contribution is -2.49. The number of amides is 2. The van der Waals surface area contributed by atoms with Crippen LogP contribution in [0.5, 0.6) is 23.0 Å². The van der Waals surface area contributed by atoms with Crippen molar-refractivity contribution in [1.29, 1.82) is 0 Å². The molecular weight excluding hydrogens is 890 g/mol. The number of fused-ring (bicyclic) bond motifs is 2. The Balaban J connectivity index is 0.971. The van der Waals surface area contributed by atoms with Gasteiger partial charge in [-0.3, -0.25) is 9.59 Å². The number of anilines is 2. The first-order valence-corrected chi connectivity index (χ1v) is 23.1. The van der Waals surface area contributed by atoms with Crippen LogP contribution in [0.4, 0.5) is 24.5 Å². The molecule has 2 spiro atoms. The van der Waals surface area contributed by atoms with Gasteiger partial charge in [0.1, 0.15) is 11.5 Å². The number of phenolic OH excluding ortho intramolecular Hbond substituents is 1. The first kappa shape index (κ1) is 45.9. The number of hydrogen-bond donors (Lipinski definition) is 5. The summed E-state index contributed by atoms with van der Waals surface area (Å²) < 4.78 is 73.8. The van der Waals surface area contributed by atoms with Crippen molar-refractivity contribution in [3.05, 3.63) is 155 Å². The van der Waals surface area contributed by atoms with Gasteiger partial charge in [-0.2, -0.15) is 13.2 Å². The molecule has 4 heterocycles. The predicted octanol–water partition coefficient (Wildman–Crippen LogP) is 9.88. The second kappa shape index (κ2) is 18.9. The van der Waals surface area contributed by atoms with E-state index in [2.05, 4.69) is 21.3 Å². The summed E-state index contributed by atoms with van der Waals surface area (Å²) in [4.78, 5) is 30.0. The summed E-state index contributed by atoms with van der Waals surface area (Å²) in [6.07, 6.45) is -1.82. The molecule has 0 aromatic heterocycles. The second-order valence-corrected chi connectivity index (χ2v) is 17.9. The number of halogens is 3. The Hall–Kier alpha value is -6.91. The van der Waals surface area contributed by atoms with Crippen molar-refractivity contribution in [2.75, 3.05) is 43.9 Å². The van der Waals surface area contributed by atoms with Crippen molar-refractivity contribution in [2.24, 2.45) is 0 Å². The molecule has 15 heteroatoms. The zero-order chi connectivity index (χ0) is 47.8. The third kappa shape index (κ3) is 9.73. The van der Waals surface area contributed by atoms with E-state index in [4.69, 9.17) is 23.7 Å². The highest BCUT2D eigenvalue weighted by molar-refractivity contribution is 6.05. The summed E-state index contributed by atoms with van der Waals surface area (Å²) in [5.41, 5.74) is 4.78. The van der Waals surface area contributed by atoms with Crippen molar-refractivity contribution in [1.82, 2.24) is 10.6 Å². The molecule has 0 aliphatic carbocycles. The van der Waals surface area contributed by atoms with Crippen LogP contribution in [-0.2, 0) is 38.5 Å². The number of phenols is 1. The summed E-state index contributed by atoms with van der Waals surface area (Å²) in [5, 5.41) is 23.2. The van der Waals surface area contributed by atoms with Crippen LogP contribution in [0.2, 0.25) is 0 Å². The van der Waals surface area contributed by atoms with Crippen molar-refractivity contribution in [3.8, 4) is 45.3 Å². The molecule has 2 fully saturated rings. The monoisotopic (exact) mass is 940 g/mol. The zero-order valence-corrected chi connectivity index (χ0v) is 37.8. The summed E-state index contributed by atoms with van der Waals surface area (Å²) in [6.45, 7) is 3.94. The molecule has 356 valence electrons. The fourth-order valence-corrected chi connectivity index (χ4v) is 9.71. The van der Waals surface area contributed by atoms with Crippen LogP contribution in [0, 0.1) is 0 Å². The Labute approximate surface area is 397 Å². The molecule has 0 saturated carbocycles. The molecule has 2 saturated heterocycles. The molecule has 6 aromatic rings. The van der Waals surface area contributed by atoms with Gasteiger partial charge in [-0.05, 0) is 100 Å². The van der Waals surface area contributed by atoms with Crippen LogP contribution in [0.25, 0.3) is 22.3 Å². The molecule has 4 aliphatic heterocycles. The summed E-state index contributed by atoms with van der Waals surface area (Å²) in [6, 6.07) is 34.5. The quantitative estimate of drug-likeness (QED) is 0.0899. The van der Waals surface area contributed by atoms with E-state index in [1.165, 1.54) is 37.4 Å². The average Bonchev–Trinajstić information content (AvgIpc) is 3.36. The molecule has 0 radical (unpaired) electrons. The van der Waals surface area contributed by atoms with Gasteiger partial charge in [0.05, 0.1) is 37.7 Å². The van der Waals surface area contributed by atoms with Crippen LogP contribution in [-0.4, -0.2) is 61.8 Å². The lowest BCUT2D eigenvalue weighted by Gasteiger charge is -2.41. The molecule has 10 rings (SSSR count). The van der Waals surface area contributed by atoms with Gasteiger partial charge in [0.15, 0.2) is 11.5 Å². The third-order valence-electron chi connectivity index (χ3n) is 13.4. The van der Waals surface area contributed by atoms with Crippen LogP contribution in [0.3, 0.4) is 0 Å². The molecular formula is C54H51F3N4O8. The molecule has 12 nitrogen and oxygen atoms in total. The predicted molar refractivity (Wildman–Crippen MR) is 253 cm³/mol. The van der Waals surface area contributed by atoms with Gasteiger partial charge in [0.2, 0.25) is 23.4 Å². The van der Waals surface area contributed by atoms with E-state index < -0.39 is 47.0 Å². The third-order valence-corrected chi connectivity index (χ3v) is 13.4. The maximum absolute atomic E-state index is 15.0. The zero-order valence-electron chi connectivity index (χ0n) is 37.8. The van der Waals surface area contributed by atoms with Crippen LogP contribution in [0.1, 0.15) is 65.3 Å². The molecule has 2 amide bonds. The molecule has 2 unspecified atom stereocenters. The van der Waals surface area contributed by atoms with E-state index in [0.717, 1.165) is 109 Å². The Morgan fingerprint density at radius 1 is 0.609 bits per heavy atom. The summed E-state index contributed by atoms with van der Waals surface area (Å²) in [5.74, 6) is -4.50. The minimum absolute atomic E-state index is 0.00131. The summed E-state index contributed by atoms with van der Waals surface area (Å²) in [7, 11) is 1.33. The number of rotatable bonds is 10. The van der Waals surface area contributed by atoms with Crippen LogP contribution < -0.4 is 35.5 Å². The van der Waals surface area contributed by atoms with E-state index in [1.54, 1.807) is 36.4 Å². The van der Waals surface area contributed by atoms with E-state index in [-0.39, 0.29) is 22.6 Å². The normalized spacial score (nSPS) is 17.9. The fourth-order valence-electron chi connectivity index (χ4n) is 9.71. The standard InChI is InChI=1S/C54H51F3N4O8/c1-65-47-30-38(11-14-44(47)62)49(51(64)61-43-10-4-6-34(29-43)36-13-16-46-40(26-36)32-67-53(69-46)19-23-59-24-20-53)48(37-7-2-8-41(27-37)54(55,56)57)50(63)60-42-9-3-5-33(28-42)35-12-15-45-39(25-35)31-66-52(68-45)17-21-58-22-18-52/h2-16,25-30,48-49,58-59,62H,17-24,31-32H2,1H3,(H,60,63)(H,61,64). The molecule has 4 aliphatic rings. The lowest BCUT2D eigenvalue weighted by molar-refractivity contribution is -0.219. The SMILES string of the molecule is COc1cc(C(C(=O)Nc2cccc(-c3ccc4c(c3)COC3(CCNCC3)O4)c2)C(C(=O)Nc2cccc(-c3ccc4c(c3)COC3(CCNCC3)O4)c2)c2cccc(C(F)(F)F)c2)ccc1O. The minimum Gasteiger partial charge on any atom is -0.504 e. The maximum Gasteiger partial charge on any atom is 0.416 e. The van der Waals surface area contributed by atoms with Crippen LogP contribution >= 0.6 is 0 Å². The van der Waals surface area contributed by atoms with E-state index >= 15 is 4.79 Å². The number of alkyl halides is 3. The average molecular weight is 941 g/mol. The highest BCUT2D eigenvalue weighted by Gasteiger charge is 2.42. The number of carbonyl (C=O) groups excluding carboxylic acids is 2. The number of piperidine rings is 2. The number of nitrogens with one attached hydrogen (secondary N) is 4. The van der Waals surface area contributed by atoms with E-state index in [9.17, 15) is 23.1 Å². The van der Waals surface area contributed by atoms with Crippen molar-refractivity contribution < 1.29 is 51.6 Å². The molecule has 5 N–H and O–H groups in total. The van der Waals surface area contributed by atoms with Crippen molar-refractivity contribution in [3.63, 3.8) is 0 Å². The Morgan fingerprint density at radius 3 is 1.58 bits per heavy atom. The van der Waals surface area contributed by atoms with Crippen LogP contribution in [0.15, 0.2) is 127 Å². The highest BCUT2D eigenvalue weighted by Crippen LogP contribution is 2.43.